The summed E-state index contributed by atoms with van der Waals surface area (Å²) < 4.78 is 41.1. The number of aliphatic hydroxyl groups excluding tert-OH is 4. The van der Waals surface area contributed by atoms with Gasteiger partial charge in [0.15, 0.2) is 22.8 Å². The lowest BCUT2D eigenvalue weighted by atomic mass is 9.57. The van der Waals surface area contributed by atoms with E-state index in [0.717, 1.165) is 17.8 Å². The molecule has 6 aliphatic rings. The molecular weight excluding hydrogens is 1260 g/mol. The molecule has 96 heavy (non-hydrogen) atoms. The van der Waals surface area contributed by atoms with Gasteiger partial charge in [0.05, 0.1) is 23.2 Å². The minimum atomic E-state index is -4.88. The Morgan fingerprint density at radius 2 is 0.917 bits per heavy atom. The number of fused-ring (bicyclic) bond motifs is 6. The fourth-order valence-corrected chi connectivity index (χ4v) is 14.0. The van der Waals surface area contributed by atoms with Gasteiger partial charge in [-0.05, 0) is 138 Å². The number of carbonyl (C=O) groups excluding carboxylic acids is 8. The molecule has 8 atom stereocenters. The number of ketones is 4. The molecule has 0 unspecified atom stereocenters. The second-order valence-corrected chi connectivity index (χ2v) is 25.4. The Morgan fingerprint density at radius 3 is 1.23 bits per heavy atom. The van der Waals surface area contributed by atoms with E-state index in [2.05, 4.69) is 26.0 Å². The monoisotopic (exact) mass is 1340 g/mol. The Hall–Kier alpha value is -10.4. The average Bonchev–Trinajstić information content (AvgIpc) is 0.705. The van der Waals surface area contributed by atoms with Gasteiger partial charge in [0.2, 0.25) is 11.6 Å². The number of hydrogen-bond donors (Lipinski definition) is 14. The summed E-state index contributed by atoms with van der Waals surface area (Å²) in [6, 6.07) is 11.1. The quantitative estimate of drug-likeness (QED) is 0.0801. The van der Waals surface area contributed by atoms with Gasteiger partial charge in [-0.1, -0.05) is 0 Å². The number of urea groups is 2. The minimum Gasteiger partial charge on any atom is -0.508 e. The second-order valence-electron chi connectivity index (χ2n) is 25.4. The Balaban J connectivity index is 0.000000226. The molecule has 512 valence electrons. The molecule has 16 N–H and O–H groups in total. The molecular formula is C65H74F3N11O17. The molecule has 4 aromatic carbocycles. The number of carbonyl (C=O) groups is 8. The van der Waals surface area contributed by atoms with Crippen LogP contribution in [0.5, 0.6) is 17.2 Å². The van der Waals surface area contributed by atoms with Gasteiger partial charge in [-0.2, -0.15) is 0 Å². The fourth-order valence-electron chi connectivity index (χ4n) is 14.0. The highest BCUT2D eigenvalue weighted by atomic mass is 19.4. The SMILES string of the molecule is CN(C)c1cc(CNC(=O)Nc2ccc(OC(F)(F)F)cc2)c(O)c2c1C[C@H]1C[C@H]3[C@H](N(C)C)C(=O)C(C(N)=O)=C(O)[C@@]3(O)C(=O)C1=C2O.CN(C)c1ccc(NC(=O)NCc2cc(N(C)C)c3c(c2O)C(O)=C2C(=O)[C@]4(O)C(O)=C(C(N)=O)C(=O)[C@@H](N(C)C)[C@@H]4C[C@@H]2C3)cc1. The summed E-state index contributed by atoms with van der Waals surface area (Å²) in [4.78, 5) is 113. The molecule has 6 amide bonds. The number of phenols is 2. The number of Topliss-reactive ketones (excluding diaryl/α,β-unsaturated/α-hetero) is 4. The summed E-state index contributed by atoms with van der Waals surface area (Å²) in [7, 11) is 16.8. The number of rotatable bonds is 14. The van der Waals surface area contributed by atoms with Gasteiger partial charge in [0.1, 0.15) is 51.4 Å². The van der Waals surface area contributed by atoms with E-state index >= 15 is 0 Å². The fraction of sp³-hybridized carbons (Fsp3) is 0.385. The van der Waals surface area contributed by atoms with Crippen LogP contribution in [0.4, 0.5) is 51.2 Å². The molecule has 0 bridgehead atoms. The van der Waals surface area contributed by atoms with E-state index in [1.807, 2.05) is 31.1 Å². The summed E-state index contributed by atoms with van der Waals surface area (Å²) in [6.07, 6.45) is -4.76. The zero-order valence-electron chi connectivity index (χ0n) is 53.8. The molecule has 0 radical (unpaired) electrons. The lowest BCUT2D eigenvalue weighted by Crippen LogP contribution is -2.65. The van der Waals surface area contributed by atoms with Crippen LogP contribution in [0.15, 0.2) is 94.5 Å². The molecule has 0 heterocycles. The number of nitrogens with one attached hydrogen (secondary N) is 4. The molecule has 28 nitrogen and oxygen atoms in total. The number of ether oxygens (including phenoxy) is 1. The highest BCUT2D eigenvalue weighted by Crippen LogP contribution is 2.56. The minimum absolute atomic E-state index is 0.0155. The highest BCUT2D eigenvalue weighted by Gasteiger charge is 2.66. The molecule has 0 aliphatic heterocycles. The molecule has 6 aliphatic carbocycles. The third-order valence-corrected chi connectivity index (χ3v) is 18.4. The van der Waals surface area contributed by atoms with Crippen LogP contribution in [0.25, 0.3) is 11.5 Å². The van der Waals surface area contributed by atoms with Crippen molar-refractivity contribution in [2.45, 2.75) is 68.4 Å². The summed E-state index contributed by atoms with van der Waals surface area (Å²) in [6.45, 7) is -0.461. The second kappa shape index (κ2) is 25.7. The zero-order chi connectivity index (χ0) is 71.0. The van der Waals surface area contributed by atoms with E-state index < -0.39 is 146 Å². The summed E-state index contributed by atoms with van der Waals surface area (Å²) in [5, 5.41) is 102. The van der Waals surface area contributed by atoms with Gasteiger partial charge >= 0.3 is 18.4 Å². The lowest BCUT2D eigenvalue weighted by molar-refractivity contribution is -0.274. The van der Waals surface area contributed by atoms with E-state index in [4.69, 9.17) is 11.5 Å². The largest absolute Gasteiger partial charge is 0.573 e. The first-order chi connectivity index (χ1) is 44.8. The van der Waals surface area contributed by atoms with E-state index in [1.54, 1.807) is 76.4 Å². The van der Waals surface area contributed by atoms with Crippen LogP contribution in [-0.2, 0) is 54.7 Å². The van der Waals surface area contributed by atoms with Crippen LogP contribution >= 0.6 is 0 Å². The number of aromatic hydroxyl groups is 2. The Labute approximate surface area is 547 Å². The standard InChI is InChI=1S/C33H40N6O8.C32H34F3N5O9/c1-37(2)18-9-7-17(8-10-18)36-32(46)35-14-16-13-21(38(3)4)19-11-15-12-20-25(39(5)6)28(42)24(31(34)45)30(44)33(20,47)29(43)22(15)27(41)23(19)26(16)40;1-39(2)19-11-14(12-37-30(47)38-15-5-7-16(8-6-15)49-32(33,34)35)24(41)21-17(19)9-13-10-18-23(40(3)4)26(43)22(29(36)46)28(45)31(18,48)27(44)20(13)25(21)42/h7-10,13,15,20,25,40-41,44,47H,11-12,14H2,1-6H3,(H2,34,45)(H2,35,36,46);5-8,11,13,18,23,41-42,45,48H,9-10,12H2,1-4H3,(H2,36,46)(H2,37,38,47)/t15-,20-,25-,33-;13-,18-,23-,31-/m00/s1. The molecule has 2 saturated carbocycles. The maximum atomic E-state index is 14.1. The zero-order valence-corrected chi connectivity index (χ0v) is 53.8. The number of primary amides is 2. The lowest BCUT2D eigenvalue weighted by Gasteiger charge is -2.50. The normalized spacial score (nSPS) is 23.6. The number of nitrogens with zero attached hydrogens (tertiary/aromatic N) is 5. The van der Waals surface area contributed by atoms with Gasteiger partial charge in [0, 0.05) is 118 Å². The highest BCUT2D eigenvalue weighted by molar-refractivity contribution is 6.26. The number of hydrogen-bond acceptors (Lipinski definition) is 22. The maximum absolute atomic E-state index is 14.1. The number of halogens is 3. The first-order valence-electron chi connectivity index (χ1n) is 29.9. The van der Waals surface area contributed by atoms with E-state index in [0.29, 0.717) is 28.2 Å². The molecule has 10 rings (SSSR count). The molecule has 4 aromatic rings. The van der Waals surface area contributed by atoms with E-state index in [1.165, 1.54) is 36.0 Å². The van der Waals surface area contributed by atoms with Crippen molar-refractivity contribution in [1.29, 1.82) is 0 Å². The van der Waals surface area contributed by atoms with Gasteiger partial charge in [0.25, 0.3) is 11.8 Å². The Kier molecular flexibility index (Phi) is 18.8. The van der Waals surface area contributed by atoms with Crippen molar-refractivity contribution in [2.24, 2.45) is 35.1 Å². The Morgan fingerprint density at radius 1 is 0.562 bits per heavy atom. The van der Waals surface area contributed by atoms with Gasteiger partial charge < -0.3 is 93.0 Å². The summed E-state index contributed by atoms with van der Waals surface area (Å²) in [5.41, 5.74) is 6.72. The van der Waals surface area contributed by atoms with Crippen LogP contribution < -0.4 is 52.2 Å². The molecule has 0 spiro atoms. The molecule has 0 saturated heterocycles. The maximum Gasteiger partial charge on any atom is 0.573 e. The van der Waals surface area contributed by atoms with Crippen LogP contribution in [-0.4, -0.2) is 198 Å². The van der Waals surface area contributed by atoms with E-state index in [-0.39, 0.29) is 83.6 Å². The number of aliphatic hydroxyl groups is 6. The van der Waals surface area contributed by atoms with Crippen molar-refractivity contribution < 1.29 is 97.1 Å². The predicted octanol–water partition coefficient (Wildman–Crippen LogP) is 3.67. The first-order valence-corrected chi connectivity index (χ1v) is 29.9. The van der Waals surface area contributed by atoms with Crippen LogP contribution in [0, 0.1) is 23.7 Å². The predicted molar refractivity (Wildman–Crippen MR) is 343 cm³/mol. The van der Waals surface area contributed by atoms with Gasteiger partial charge in [-0.25, -0.2) is 9.59 Å². The third-order valence-electron chi connectivity index (χ3n) is 18.4. The van der Waals surface area contributed by atoms with Crippen molar-refractivity contribution in [3.05, 3.63) is 128 Å². The van der Waals surface area contributed by atoms with Gasteiger partial charge in [-0.3, -0.25) is 38.6 Å². The molecule has 2 fully saturated rings. The molecule has 31 heteroatoms. The summed E-state index contributed by atoms with van der Waals surface area (Å²) >= 11 is 0. The van der Waals surface area contributed by atoms with Crippen LogP contribution in [0.1, 0.15) is 46.2 Å². The number of alkyl halides is 3. The van der Waals surface area contributed by atoms with E-state index in [9.17, 15) is 92.4 Å². The smallest absolute Gasteiger partial charge is 0.508 e. The number of likely N-dealkylation sites (N-methyl/N-ethyl adjacent to an activating group) is 2. The summed E-state index contributed by atoms with van der Waals surface area (Å²) in [5.74, 6) is -15.4. The average molecular weight is 1340 g/mol. The van der Waals surface area contributed by atoms with Gasteiger partial charge in [-0.15, -0.1) is 13.2 Å². The molecule has 0 aromatic heterocycles. The van der Waals surface area contributed by atoms with Crippen molar-refractivity contribution in [2.75, 3.05) is 95.8 Å². The van der Waals surface area contributed by atoms with Crippen molar-refractivity contribution in [1.82, 2.24) is 20.4 Å². The van der Waals surface area contributed by atoms with Crippen molar-refractivity contribution >= 4 is 87.0 Å². The van der Waals surface area contributed by atoms with Crippen molar-refractivity contribution in [3.8, 4) is 17.2 Å². The van der Waals surface area contributed by atoms with Crippen molar-refractivity contribution in [3.63, 3.8) is 0 Å². The number of anilines is 5. The topological polar surface area (TPSA) is 424 Å². The first kappa shape index (κ1) is 70.0. The number of phenolic OH excluding ortho intramolecular Hbond substituents is 2. The van der Waals surface area contributed by atoms with Crippen LogP contribution in [0.3, 0.4) is 0 Å². The number of nitrogens with two attached hydrogens (primary N) is 2. The Bertz CT molecular complexity index is 4090. The van der Waals surface area contributed by atoms with Crippen LogP contribution in [0.2, 0.25) is 0 Å². The third kappa shape index (κ3) is 12.2. The number of amides is 6. The number of benzene rings is 4.